The zero-order valence-electron chi connectivity index (χ0n) is 7.89. The molecule has 0 unspecified atom stereocenters. The van der Waals surface area contributed by atoms with Crippen molar-refractivity contribution >= 4 is 38.5 Å². The van der Waals surface area contributed by atoms with Crippen LogP contribution in [0.2, 0.25) is 0 Å². The Morgan fingerprint density at radius 1 is 1.43 bits per heavy atom. The molecule has 1 aromatic carbocycles. The summed E-state index contributed by atoms with van der Waals surface area (Å²) in [4.78, 5) is 0. The van der Waals surface area contributed by atoms with Crippen molar-refractivity contribution in [3.8, 4) is 0 Å². The second kappa shape index (κ2) is 6.76. The second-order valence-corrected chi connectivity index (χ2v) is 5.15. The fourth-order valence-electron chi connectivity index (χ4n) is 1.13. The first kappa shape index (κ1) is 12.4. The first-order valence-corrected chi connectivity index (χ1v) is 6.46. The van der Waals surface area contributed by atoms with Gasteiger partial charge in [-0.1, -0.05) is 15.9 Å². The molecule has 0 atom stereocenters. The highest BCUT2D eigenvalue weighted by Crippen LogP contribution is 2.19. The molecule has 0 aliphatic rings. The Morgan fingerprint density at radius 2 is 2.21 bits per heavy atom. The molecule has 0 saturated heterocycles. The lowest BCUT2D eigenvalue weighted by molar-refractivity contribution is 0.654. The van der Waals surface area contributed by atoms with E-state index in [4.69, 9.17) is 5.73 Å². The number of nitrogens with one attached hydrogen (secondary N) is 1. The fourth-order valence-corrected chi connectivity index (χ4v) is 2.07. The Hall–Kier alpha value is 0.350. The van der Waals surface area contributed by atoms with Gasteiger partial charge in [0.2, 0.25) is 0 Å². The molecule has 3 N–H and O–H groups in total. The molecular weight excluding hydrogens is 355 g/mol. The van der Waals surface area contributed by atoms with E-state index in [0.29, 0.717) is 0 Å². The van der Waals surface area contributed by atoms with E-state index in [1.807, 2.05) is 0 Å². The third-order valence-electron chi connectivity index (χ3n) is 1.88. The number of halogens is 2. The molecule has 1 aromatic rings. The van der Waals surface area contributed by atoms with Crippen molar-refractivity contribution in [3.63, 3.8) is 0 Å². The molecule has 0 aliphatic carbocycles. The van der Waals surface area contributed by atoms with Crippen molar-refractivity contribution < 1.29 is 0 Å². The van der Waals surface area contributed by atoms with Gasteiger partial charge in [-0.15, -0.1) is 0 Å². The Labute approximate surface area is 107 Å². The van der Waals surface area contributed by atoms with Crippen LogP contribution in [0, 0.1) is 3.57 Å². The first-order chi connectivity index (χ1) is 6.74. The molecule has 78 valence electrons. The van der Waals surface area contributed by atoms with E-state index in [0.717, 1.165) is 30.5 Å². The van der Waals surface area contributed by atoms with Gasteiger partial charge in [0.15, 0.2) is 0 Å². The summed E-state index contributed by atoms with van der Waals surface area (Å²) in [6, 6.07) is 6.36. The van der Waals surface area contributed by atoms with Gasteiger partial charge in [-0.25, -0.2) is 0 Å². The highest BCUT2D eigenvalue weighted by molar-refractivity contribution is 14.1. The zero-order valence-corrected chi connectivity index (χ0v) is 11.6. The van der Waals surface area contributed by atoms with Gasteiger partial charge in [-0.2, -0.15) is 0 Å². The van der Waals surface area contributed by atoms with Crippen LogP contribution in [0.15, 0.2) is 22.7 Å². The quantitative estimate of drug-likeness (QED) is 0.619. The topological polar surface area (TPSA) is 38.0 Å². The molecule has 2 nitrogen and oxygen atoms in total. The van der Waals surface area contributed by atoms with Crippen molar-refractivity contribution in [3.05, 3.63) is 31.8 Å². The molecule has 4 heteroatoms. The fraction of sp³-hybridized carbons (Fsp3) is 0.400. The maximum atomic E-state index is 5.41. The number of hydrogen-bond donors (Lipinski definition) is 2. The number of benzene rings is 1. The lowest BCUT2D eigenvalue weighted by Gasteiger charge is -2.06. The van der Waals surface area contributed by atoms with Gasteiger partial charge in [0.1, 0.15) is 0 Å². The molecule has 0 radical (unpaired) electrons. The predicted octanol–water partition coefficient (Wildman–Crippen LogP) is 2.49. The largest absolute Gasteiger partial charge is 0.330 e. The predicted molar refractivity (Wildman–Crippen MR) is 72.2 cm³/mol. The summed E-state index contributed by atoms with van der Waals surface area (Å²) in [5.74, 6) is 0. The van der Waals surface area contributed by atoms with E-state index in [1.165, 1.54) is 9.13 Å². The molecule has 0 bridgehead atoms. The Balaban J connectivity index is 2.45. The van der Waals surface area contributed by atoms with Gasteiger partial charge in [0.25, 0.3) is 0 Å². The number of nitrogens with two attached hydrogens (primary N) is 1. The maximum Gasteiger partial charge on any atom is 0.0220 e. The van der Waals surface area contributed by atoms with E-state index in [-0.39, 0.29) is 0 Å². The summed E-state index contributed by atoms with van der Waals surface area (Å²) in [7, 11) is 0. The van der Waals surface area contributed by atoms with E-state index in [9.17, 15) is 0 Å². The molecular formula is C10H14BrIN2. The monoisotopic (exact) mass is 368 g/mol. The molecule has 1 rings (SSSR count). The van der Waals surface area contributed by atoms with Crippen molar-refractivity contribution in [1.82, 2.24) is 5.32 Å². The molecule has 0 aromatic heterocycles. The van der Waals surface area contributed by atoms with Gasteiger partial charge in [-0.3, -0.25) is 0 Å². The Kier molecular flexibility index (Phi) is 6.00. The second-order valence-electron chi connectivity index (χ2n) is 3.05. The zero-order chi connectivity index (χ0) is 10.4. The van der Waals surface area contributed by atoms with E-state index in [1.54, 1.807) is 0 Å². The molecule has 0 heterocycles. The lowest BCUT2D eigenvalue weighted by atomic mass is 10.2. The van der Waals surface area contributed by atoms with Gasteiger partial charge in [-0.05, 0) is 65.9 Å². The molecule has 0 fully saturated rings. The SMILES string of the molecule is NCCCNCc1cc(I)ccc1Br. The highest BCUT2D eigenvalue weighted by Gasteiger charge is 1.99. The van der Waals surface area contributed by atoms with Crippen LogP contribution in [-0.2, 0) is 6.54 Å². The first-order valence-electron chi connectivity index (χ1n) is 4.58. The van der Waals surface area contributed by atoms with Crippen molar-refractivity contribution in [2.75, 3.05) is 13.1 Å². The average molecular weight is 369 g/mol. The van der Waals surface area contributed by atoms with Gasteiger partial charge in [0, 0.05) is 14.6 Å². The Bertz CT molecular complexity index is 291. The van der Waals surface area contributed by atoms with Gasteiger partial charge >= 0.3 is 0 Å². The standard InChI is InChI=1S/C10H14BrIN2/c11-10-3-2-9(12)6-8(10)7-14-5-1-4-13/h2-3,6,14H,1,4-5,7,13H2. The van der Waals surface area contributed by atoms with Crippen LogP contribution >= 0.6 is 38.5 Å². The molecule has 0 spiro atoms. The lowest BCUT2D eigenvalue weighted by Crippen LogP contribution is -2.18. The van der Waals surface area contributed by atoms with Crippen LogP contribution in [0.5, 0.6) is 0 Å². The van der Waals surface area contributed by atoms with Crippen molar-refractivity contribution in [1.29, 1.82) is 0 Å². The van der Waals surface area contributed by atoms with E-state index in [2.05, 4.69) is 62.0 Å². The van der Waals surface area contributed by atoms with Crippen LogP contribution in [0.3, 0.4) is 0 Å². The summed E-state index contributed by atoms with van der Waals surface area (Å²) in [5, 5.41) is 3.36. The Morgan fingerprint density at radius 3 is 2.93 bits per heavy atom. The maximum absolute atomic E-state index is 5.41. The van der Waals surface area contributed by atoms with Crippen molar-refractivity contribution in [2.24, 2.45) is 5.73 Å². The van der Waals surface area contributed by atoms with Crippen LogP contribution in [0.4, 0.5) is 0 Å². The van der Waals surface area contributed by atoms with E-state index >= 15 is 0 Å². The molecule has 0 amide bonds. The highest BCUT2D eigenvalue weighted by atomic mass is 127. The van der Waals surface area contributed by atoms with Gasteiger partial charge in [0.05, 0.1) is 0 Å². The third kappa shape index (κ3) is 4.25. The minimum atomic E-state index is 0.750. The summed E-state index contributed by atoms with van der Waals surface area (Å²) in [6.07, 6.45) is 1.03. The van der Waals surface area contributed by atoms with Crippen LogP contribution in [0.25, 0.3) is 0 Å². The summed E-state index contributed by atoms with van der Waals surface area (Å²) in [5.41, 5.74) is 6.71. The molecule has 0 saturated carbocycles. The van der Waals surface area contributed by atoms with Crippen LogP contribution in [-0.4, -0.2) is 13.1 Å². The summed E-state index contributed by atoms with van der Waals surface area (Å²) >= 11 is 5.85. The molecule has 0 aliphatic heterocycles. The normalized spacial score (nSPS) is 10.5. The smallest absolute Gasteiger partial charge is 0.0220 e. The minimum absolute atomic E-state index is 0.750. The number of hydrogen-bond acceptors (Lipinski definition) is 2. The van der Waals surface area contributed by atoms with Crippen molar-refractivity contribution in [2.45, 2.75) is 13.0 Å². The minimum Gasteiger partial charge on any atom is -0.330 e. The van der Waals surface area contributed by atoms with Gasteiger partial charge < -0.3 is 11.1 Å². The van der Waals surface area contributed by atoms with Crippen LogP contribution < -0.4 is 11.1 Å². The van der Waals surface area contributed by atoms with E-state index < -0.39 is 0 Å². The number of rotatable bonds is 5. The molecule has 14 heavy (non-hydrogen) atoms. The summed E-state index contributed by atoms with van der Waals surface area (Å²) in [6.45, 7) is 2.63. The van der Waals surface area contributed by atoms with Crippen LogP contribution in [0.1, 0.15) is 12.0 Å². The average Bonchev–Trinajstić information content (AvgIpc) is 2.18. The third-order valence-corrected chi connectivity index (χ3v) is 3.33. The summed E-state index contributed by atoms with van der Waals surface area (Å²) < 4.78 is 2.43.